The molecule has 0 saturated carbocycles. The van der Waals surface area contributed by atoms with Gasteiger partial charge in [0, 0.05) is 12.7 Å². The molecule has 2 aromatic carbocycles. The number of ether oxygens (including phenoxy) is 2. The molecule has 0 radical (unpaired) electrons. The van der Waals surface area contributed by atoms with Crippen LogP contribution in [0, 0.1) is 6.92 Å². The summed E-state index contributed by atoms with van der Waals surface area (Å²) in [6.45, 7) is 5.99. The zero-order chi connectivity index (χ0) is 23.1. The minimum atomic E-state index is -0.389. The van der Waals surface area contributed by atoms with Gasteiger partial charge >= 0.3 is 5.97 Å². The van der Waals surface area contributed by atoms with Crippen LogP contribution < -0.4 is 10.1 Å². The van der Waals surface area contributed by atoms with E-state index < -0.39 is 0 Å². The number of nitrogens with one attached hydrogen (secondary N) is 1. The molecular formula is C23H26N4O4S. The number of benzene rings is 2. The number of hydrogen-bond acceptors (Lipinski definition) is 7. The average molecular weight is 455 g/mol. The quantitative estimate of drug-likeness (QED) is 0.383. The standard InChI is InChI=1S/C23H26N4O4S/c1-5-30-22(29)17-9-11-18(12-10-17)24-20(28)14-32-23-26-25-21(27(23)4)16(3)31-19-8-6-7-15(2)13-19/h6-13,16H,5,14H2,1-4H3,(H,24,28). The largest absolute Gasteiger partial charge is 0.483 e. The summed E-state index contributed by atoms with van der Waals surface area (Å²) in [5.74, 6) is 1.03. The fraction of sp³-hybridized carbons (Fsp3) is 0.304. The van der Waals surface area contributed by atoms with Crippen molar-refractivity contribution in [1.82, 2.24) is 14.8 Å². The van der Waals surface area contributed by atoms with Crippen molar-refractivity contribution >= 4 is 29.3 Å². The van der Waals surface area contributed by atoms with Crippen molar-refractivity contribution in [2.24, 2.45) is 7.05 Å². The van der Waals surface area contributed by atoms with Crippen LogP contribution in [0.5, 0.6) is 5.75 Å². The van der Waals surface area contributed by atoms with Gasteiger partial charge < -0.3 is 19.4 Å². The lowest BCUT2D eigenvalue weighted by molar-refractivity contribution is -0.113. The molecule has 0 aliphatic heterocycles. The monoisotopic (exact) mass is 454 g/mol. The van der Waals surface area contributed by atoms with Gasteiger partial charge in [0.15, 0.2) is 17.1 Å². The summed E-state index contributed by atoms with van der Waals surface area (Å²) in [5, 5.41) is 11.8. The highest BCUT2D eigenvalue weighted by Crippen LogP contribution is 2.24. The lowest BCUT2D eigenvalue weighted by Crippen LogP contribution is -2.15. The van der Waals surface area contributed by atoms with Crippen LogP contribution in [0.3, 0.4) is 0 Å². The summed E-state index contributed by atoms with van der Waals surface area (Å²) in [7, 11) is 1.85. The topological polar surface area (TPSA) is 95.3 Å². The van der Waals surface area contributed by atoms with Crippen LogP contribution in [0.4, 0.5) is 5.69 Å². The van der Waals surface area contributed by atoms with Crippen molar-refractivity contribution in [2.45, 2.75) is 32.0 Å². The van der Waals surface area contributed by atoms with Crippen molar-refractivity contribution in [1.29, 1.82) is 0 Å². The fourth-order valence-electron chi connectivity index (χ4n) is 2.98. The van der Waals surface area contributed by atoms with E-state index in [1.54, 1.807) is 31.2 Å². The first-order valence-electron chi connectivity index (χ1n) is 10.2. The minimum Gasteiger partial charge on any atom is -0.483 e. The summed E-state index contributed by atoms with van der Waals surface area (Å²) in [6, 6.07) is 14.4. The van der Waals surface area contributed by atoms with Gasteiger partial charge in [-0.15, -0.1) is 10.2 Å². The van der Waals surface area contributed by atoms with Crippen LogP contribution in [0.25, 0.3) is 0 Å². The van der Waals surface area contributed by atoms with Gasteiger partial charge in [0.2, 0.25) is 5.91 Å². The van der Waals surface area contributed by atoms with Gasteiger partial charge in [0.1, 0.15) is 5.75 Å². The zero-order valence-electron chi connectivity index (χ0n) is 18.5. The van der Waals surface area contributed by atoms with E-state index in [9.17, 15) is 9.59 Å². The number of nitrogens with zero attached hydrogens (tertiary/aromatic N) is 3. The Morgan fingerprint density at radius 3 is 2.59 bits per heavy atom. The molecule has 3 rings (SSSR count). The first-order chi connectivity index (χ1) is 15.4. The van der Waals surface area contributed by atoms with Gasteiger partial charge in [0.25, 0.3) is 0 Å². The van der Waals surface area contributed by atoms with E-state index >= 15 is 0 Å². The molecule has 0 spiro atoms. The molecule has 1 N–H and O–H groups in total. The van der Waals surface area contributed by atoms with Crippen molar-refractivity contribution in [2.75, 3.05) is 17.7 Å². The lowest BCUT2D eigenvalue weighted by atomic mass is 10.2. The third-order valence-electron chi connectivity index (χ3n) is 4.55. The van der Waals surface area contributed by atoms with Gasteiger partial charge in [-0.05, 0) is 62.7 Å². The maximum Gasteiger partial charge on any atom is 0.338 e. The molecule has 32 heavy (non-hydrogen) atoms. The Hall–Kier alpha value is -3.33. The number of rotatable bonds is 9. The summed E-state index contributed by atoms with van der Waals surface area (Å²) in [6.07, 6.45) is -0.296. The van der Waals surface area contributed by atoms with Gasteiger partial charge in [-0.3, -0.25) is 4.79 Å². The Bertz CT molecular complexity index is 1080. The molecule has 1 atom stereocenters. The van der Waals surface area contributed by atoms with E-state index in [-0.39, 0.29) is 23.7 Å². The number of amides is 1. The number of thioether (sulfide) groups is 1. The second-order valence-electron chi connectivity index (χ2n) is 7.11. The Morgan fingerprint density at radius 1 is 1.16 bits per heavy atom. The Balaban J connectivity index is 1.54. The number of anilines is 1. The first kappa shape index (κ1) is 23.3. The van der Waals surface area contributed by atoms with Crippen LogP contribution >= 0.6 is 11.8 Å². The first-order valence-corrected chi connectivity index (χ1v) is 11.2. The van der Waals surface area contributed by atoms with Crippen molar-refractivity contribution in [3.05, 3.63) is 65.5 Å². The maximum absolute atomic E-state index is 12.3. The zero-order valence-corrected chi connectivity index (χ0v) is 19.3. The number of aryl methyl sites for hydroxylation is 1. The number of carbonyl (C=O) groups excluding carboxylic acids is 2. The molecule has 1 amide bonds. The number of esters is 1. The van der Waals surface area contributed by atoms with Gasteiger partial charge in [0.05, 0.1) is 17.9 Å². The van der Waals surface area contributed by atoms with Crippen LogP contribution in [0.2, 0.25) is 0 Å². The summed E-state index contributed by atoms with van der Waals surface area (Å²) >= 11 is 1.28. The van der Waals surface area contributed by atoms with E-state index in [4.69, 9.17) is 9.47 Å². The van der Waals surface area contributed by atoms with Crippen LogP contribution in [0.1, 0.15) is 41.7 Å². The van der Waals surface area contributed by atoms with E-state index in [1.165, 1.54) is 11.8 Å². The number of hydrogen-bond donors (Lipinski definition) is 1. The average Bonchev–Trinajstić information content (AvgIpc) is 3.13. The highest BCUT2D eigenvalue weighted by molar-refractivity contribution is 7.99. The van der Waals surface area contributed by atoms with Gasteiger partial charge in [-0.25, -0.2) is 4.79 Å². The van der Waals surface area contributed by atoms with E-state index in [2.05, 4.69) is 15.5 Å². The van der Waals surface area contributed by atoms with Crippen molar-refractivity contribution < 1.29 is 19.1 Å². The highest BCUT2D eigenvalue weighted by Gasteiger charge is 2.18. The van der Waals surface area contributed by atoms with Crippen molar-refractivity contribution in [3.63, 3.8) is 0 Å². The SMILES string of the molecule is CCOC(=O)c1ccc(NC(=O)CSc2nnc(C(C)Oc3cccc(C)c3)n2C)cc1. The third-order valence-corrected chi connectivity index (χ3v) is 5.57. The third kappa shape index (κ3) is 6.10. The second kappa shape index (κ2) is 10.8. The molecule has 0 saturated heterocycles. The molecule has 9 heteroatoms. The molecule has 168 valence electrons. The molecule has 1 unspecified atom stereocenters. The molecule has 0 aliphatic carbocycles. The molecule has 3 aromatic rings. The molecule has 0 fully saturated rings. The highest BCUT2D eigenvalue weighted by atomic mass is 32.2. The normalized spacial score (nSPS) is 11.6. The van der Waals surface area contributed by atoms with Gasteiger partial charge in [-0.2, -0.15) is 0 Å². The Kier molecular flexibility index (Phi) is 7.88. The minimum absolute atomic E-state index is 0.165. The summed E-state index contributed by atoms with van der Waals surface area (Å²) < 4.78 is 12.8. The molecular weight excluding hydrogens is 428 g/mol. The number of carbonyl (C=O) groups is 2. The van der Waals surface area contributed by atoms with Crippen LogP contribution in [0.15, 0.2) is 53.7 Å². The van der Waals surface area contributed by atoms with Crippen LogP contribution in [-0.2, 0) is 16.6 Å². The number of aromatic nitrogens is 3. The lowest BCUT2D eigenvalue weighted by Gasteiger charge is -2.14. The van der Waals surface area contributed by atoms with Crippen molar-refractivity contribution in [3.8, 4) is 5.75 Å². The maximum atomic E-state index is 12.3. The molecule has 8 nitrogen and oxygen atoms in total. The molecule has 0 bridgehead atoms. The smallest absolute Gasteiger partial charge is 0.338 e. The van der Waals surface area contributed by atoms with E-state index in [0.29, 0.717) is 28.8 Å². The molecule has 1 aromatic heterocycles. The van der Waals surface area contributed by atoms with E-state index in [1.807, 2.05) is 49.7 Å². The van der Waals surface area contributed by atoms with Crippen LogP contribution in [-0.4, -0.2) is 39.0 Å². The summed E-state index contributed by atoms with van der Waals surface area (Å²) in [5.41, 5.74) is 2.15. The Labute approximate surface area is 191 Å². The predicted molar refractivity (Wildman–Crippen MR) is 123 cm³/mol. The van der Waals surface area contributed by atoms with Gasteiger partial charge in [-0.1, -0.05) is 23.9 Å². The summed E-state index contributed by atoms with van der Waals surface area (Å²) in [4.78, 5) is 24.0. The molecule has 0 aliphatic rings. The second-order valence-corrected chi connectivity index (χ2v) is 8.05. The Morgan fingerprint density at radius 2 is 1.91 bits per heavy atom. The molecule has 1 heterocycles. The predicted octanol–water partition coefficient (Wildman–Crippen LogP) is 4.17. The van der Waals surface area contributed by atoms with E-state index in [0.717, 1.165) is 11.3 Å². The fourth-order valence-corrected chi connectivity index (χ4v) is 3.70.